The maximum absolute atomic E-state index is 2.82. The fourth-order valence-corrected chi connectivity index (χ4v) is 26.4. The second kappa shape index (κ2) is 11.4. The van der Waals surface area contributed by atoms with Crippen molar-refractivity contribution in [3.8, 4) is 0 Å². The van der Waals surface area contributed by atoms with E-state index in [0.717, 1.165) is 46.8 Å². The van der Waals surface area contributed by atoms with Gasteiger partial charge in [-0.25, -0.2) is 0 Å². The molecule has 0 heterocycles. The van der Waals surface area contributed by atoms with Gasteiger partial charge in [-0.3, -0.25) is 0 Å². The van der Waals surface area contributed by atoms with Crippen LogP contribution in [0.4, 0.5) is 0 Å². The summed E-state index contributed by atoms with van der Waals surface area (Å²) in [5, 5.41) is 0. The summed E-state index contributed by atoms with van der Waals surface area (Å²) in [6.07, 6.45) is 41.6. The molecule has 15 fully saturated rings. The molecule has 54 heavy (non-hydrogen) atoms. The molecular formula is C54H80. The second-order valence-corrected chi connectivity index (χ2v) is 26.3. The summed E-state index contributed by atoms with van der Waals surface area (Å²) in [5.74, 6) is 31.6. The molecule has 0 radical (unpaired) electrons. The molecule has 15 rings (SSSR count). The van der Waals surface area contributed by atoms with Crippen LogP contribution in [0.1, 0.15) is 167 Å². The minimum absolute atomic E-state index is 0.726. The topological polar surface area (TPSA) is 0 Å². The zero-order chi connectivity index (χ0) is 34.8. The molecule has 0 saturated heterocycles. The minimum atomic E-state index is 0.726. The van der Waals surface area contributed by atoms with E-state index in [-0.39, 0.29) is 0 Å². The van der Waals surface area contributed by atoms with Crippen LogP contribution in [-0.2, 0) is 0 Å². The molecule has 18 unspecified atom stereocenters. The lowest BCUT2D eigenvalue weighted by molar-refractivity contribution is -0.263. The molecule has 0 amide bonds. The van der Waals surface area contributed by atoms with Gasteiger partial charge in [0.25, 0.3) is 0 Å². The van der Waals surface area contributed by atoms with Crippen LogP contribution >= 0.6 is 0 Å². The van der Waals surface area contributed by atoms with Gasteiger partial charge in [-0.1, -0.05) is 39.0 Å². The van der Waals surface area contributed by atoms with Gasteiger partial charge >= 0.3 is 0 Å². The van der Waals surface area contributed by atoms with Crippen LogP contribution in [0.3, 0.4) is 0 Å². The summed E-state index contributed by atoms with van der Waals surface area (Å²) in [5.41, 5.74) is 0.726. The Labute approximate surface area is 331 Å². The molecule has 0 spiro atoms. The van der Waals surface area contributed by atoms with E-state index in [9.17, 15) is 0 Å². The van der Waals surface area contributed by atoms with Crippen molar-refractivity contribution >= 4 is 0 Å². The van der Waals surface area contributed by atoms with Crippen LogP contribution in [0.15, 0.2) is 0 Å². The predicted molar refractivity (Wildman–Crippen MR) is 218 cm³/mol. The minimum Gasteiger partial charge on any atom is -0.0594 e. The normalized spacial score (nSPS) is 68.7. The molecule has 0 aromatic heterocycles. The van der Waals surface area contributed by atoms with Gasteiger partial charge in [-0.05, 0) is 294 Å². The quantitative estimate of drug-likeness (QED) is 0.233. The highest BCUT2D eigenvalue weighted by molar-refractivity contribution is 5.20. The molecule has 15 aliphatic carbocycles. The molecule has 15 saturated carbocycles. The lowest BCUT2D eigenvalue weighted by Crippen LogP contribution is -2.68. The van der Waals surface area contributed by atoms with Crippen LogP contribution in [0, 0.1) is 165 Å². The monoisotopic (exact) mass is 729 g/mol. The Bertz CT molecular complexity index is 1420. The average Bonchev–Trinajstić information content (AvgIpc) is 3.21. The first-order chi connectivity index (χ1) is 26.7. The SMILES string of the molecule is CC12CCCC3C4CCC5C6CCC7C8CCC9C%10CCC%11CCCC%12CCC(C%13CCC(C%14CCC(C%15CCC(C(CCC1)C32)C4C5%15)C6C7%14)C8C9%13)C%10C%11%12. The number of hydrogen-bond donors (Lipinski definition) is 0. The largest absolute Gasteiger partial charge is 0.0594 e. The second-order valence-electron chi connectivity index (χ2n) is 26.3. The summed E-state index contributed by atoms with van der Waals surface area (Å²) in [7, 11) is 0. The van der Waals surface area contributed by atoms with Gasteiger partial charge in [-0.2, -0.15) is 0 Å². The van der Waals surface area contributed by atoms with Crippen LogP contribution < -0.4 is 0 Å². The average molecular weight is 729 g/mol. The van der Waals surface area contributed by atoms with E-state index < -0.39 is 0 Å². The maximum atomic E-state index is 2.82. The molecule has 0 bridgehead atoms. The molecule has 0 aromatic rings. The fraction of sp³-hybridized carbons (Fsp3) is 1.00. The third kappa shape index (κ3) is 3.91. The summed E-state index contributed by atoms with van der Waals surface area (Å²) < 4.78 is 0. The molecule has 0 aromatic carbocycles. The van der Waals surface area contributed by atoms with Crippen LogP contribution in [0.5, 0.6) is 0 Å². The van der Waals surface area contributed by atoms with Crippen molar-refractivity contribution in [2.45, 2.75) is 167 Å². The van der Waals surface area contributed by atoms with Crippen LogP contribution in [0.25, 0.3) is 0 Å². The zero-order valence-corrected chi connectivity index (χ0v) is 34.8. The van der Waals surface area contributed by atoms with Crippen molar-refractivity contribution in [2.24, 2.45) is 165 Å². The highest BCUT2D eigenvalue weighted by atomic mass is 14.8. The summed E-state index contributed by atoms with van der Waals surface area (Å²) in [6, 6.07) is 0. The summed E-state index contributed by atoms with van der Waals surface area (Å²) in [4.78, 5) is 0. The molecule has 0 nitrogen and oxygen atoms in total. The van der Waals surface area contributed by atoms with E-state index >= 15 is 0 Å². The van der Waals surface area contributed by atoms with Gasteiger partial charge < -0.3 is 0 Å². The van der Waals surface area contributed by atoms with Crippen molar-refractivity contribution in [1.82, 2.24) is 0 Å². The van der Waals surface area contributed by atoms with Crippen molar-refractivity contribution in [3.63, 3.8) is 0 Å². The Kier molecular flexibility index (Phi) is 6.94. The van der Waals surface area contributed by atoms with Crippen molar-refractivity contribution in [2.75, 3.05) is 0 Å². The van der Waals surface area contributed by atoms with E-state index in [1.165, 1.54) is 118 Å². The zero-order valence-electron chi connectivity index (χ0n) is 34.8. The highest BCUT2D eigenvalue weighted by Crippen LogP contribution is 2.78. The van der Waals surface area contributed by atoms with Gasteiger partial charge in [0.2, 0.25) is 0 Å². The predicted octanol–water partition coefficient (Wildman–Crippen LogP) is 13.6. The van der Waals surface area contributed by atoms with Gasteiger partial charge in [0, 0.05) is 0 Å². The number of hydrogen-bond acceptors (Lipinski definition) is 0. The van der Waals surface area contributed by atoms with Crippen molar-refractivity contribution in [3.05, 3.63) is 0 Å². The number of fused-ring (bicyclic) bond motifs is 8. The fourth-order valence-electron chi connectivity index (χ4n) is 26.4. The molecule has 0 aliphatic heterocycles. The van der Waals surface area contributed by atoms with E-state index in [1.54, 1.807) is 161 Å². The lowest BCUT2D eigenvalue weighted by atomic mass is 9.30. The Morgan fingerprint density at radius 3 is 0.815 bits per heavy atom. The highest BCUT2D eigenvalue weighted by Gasteiger charge is 2.71. The van der Waals surface area contributed by atoms with Crippen molar-refractivity contribution < 1.29 is 0 Å². The van der Waals surface area contributed by atoms with E-state index in [0.29, 0.717) is 0 Å². The molecule has 0 N–H and O–H groups in total. The Morgan fingerprint density at radius 2 is 0.500 bits per heavy atom. The summed E-state index contributed by atoms with van der Waals surface area (Å²) >= 11 is 0. The van der Waals surface area contributed by atoms with Gasteiger partial charge in [-0.15, -0.1) is 0 Å². The third-order valence-electron chi connectivity index (χ3n) is 26.4. The lowest BCUT2D eigenvalue weighted by Gasteiger charge is -2.74. The number of rotatable bonds is 0. The van der Waals surface area contributed by atoms with Gasteiger partial charge in [0.05, 0.1) is 0 Å². The first-order valence-electron chi connectivity index (χ1n) is 26.7. The Morgan fingerprint density at radius 1 is 0.241 bits per heavy atom. The van der Waals surface area contributed by atoms with Crippen LogP contribution in [0.2, 0.25) is 0 Å². The van der Waals surface area contributed by atoms with E-state index in [2.05, 4.69) is 6.92 Å². The first kappa shape index (κ1) is 32.8. The van der Waals surface area contributed by atoms with Gasteiger partial charge in [0.1, 0.15) is 0 Å². The molecule has 18 atom stereocenters. The first-order valence-corrected chi connectivity index (χ1v) is 26.7. The smallest absolute Gasteiger partial charge is 0.0292 e. The molecular weight excluding hydrogens is 649 g/mol. The standard InChI is InChI=1S/C54H80/c1-54-25-3-7-43-41-23-21-39-37-19-17-35-33-15-13-31-29-11-9-27-5-2-6-28-10-12-30(46(29)45(27)28)32-14-16-34(48(33)47(31)32)36-18-20-38(50(37)49(35)36)40-22-24-42(52(41)51(39)40)44(53(43)54)8-4-26-54/h27-53H,2-26H2,1H3. The van der Waals surface area contributed by atoms with E-state index in [4.69, 9.17) is 0 Å². The summed E-state index contributed by atoms with van der Waals surface area (Å²) in [6.45, 7) is 2.82. The Balaban J connectivity index is 0.757. The Hall–Kier alpha value is 0. The maximum Gasteiger partial charge on any atom is -0.0292 e. The van der Waals surface area contributed by atoms with E-state index in [1.807, 2.05) is 0 Å². The van der Waals surface area contributed by atoms with Crippen LogP contribution in [-0.4, -0.2) is 0 Å². The molecule has 15 aliphatic rings. The molecule has 0 heteroatoms. The van der Waals surface area contributed by atoms with Gasteiger partial charge in [0.15, 0.2) is 0 Å². The molecule has 296 valence electrons. The van der Waals surface area contributed by atoms with Crippen molar-refractivity contribution in [1.29, 1.82) is 0 Å². The third-order valence-corrected chi connectivity index (χ3v) is 26.4.